The van der Waals surface area contributed by atoms with E-state index < -0.39 is 23.9 Å². The highest BCUT2D eigenvalue weighted by molar-refractivity contribution is 5.90. The molecule has 0 aliphatic carbocycles. The predicted octanol–water partition coefficient (Wildman–Crippen LogP) is 8.17. The van der Waals surface area contributed by atoms with E-state index in [9.17, 15) is 19.2 Å². The zero-order valence-electron chi connectivity index (χ0n) is 34.6. The third-order valence-corrected chi connectivity index (χ3v) is 8.30. The Balaban J connectivity index is 1.21. The molecular weight excluding hydrogens is 797 g/mol. The van der Waals surface area contributed by atoms with Gasteiger partial charge in [0, 0.05) is 24.3 Å². The third-order valence-electron chi connectivity index (χ3n) is 8.30. The topological polar surface area (TPSA) is 167 Å². The smallest absolute Gasteiger partial charge is 0.336 e. The first kappa shape index (κ1) is 46.9. The molecule has 0 aliphatic heterocycles. The number of carbonyl (C=O) groups excluding carboxylic acids is 4. The lowest BCUT2D eigenvalue weighted by Gasteiger charge is -2.09. The molecule has 0 aliphatic rings. The maximum Gasteiger partial charge on any atom is 0.336 e. The summed E-state index contributed by atoms with van der Waals surface area (Å²) in [6.45, 7) is 8.28. The first-order chi connectivity index (χ1) is 30.2. The monoisotopic (exact) mass is 844 g/mol. The summed E-state index contributed by atoms with van der Waals surface area (Å²) in [5.74, 6) is 0.377. The molecule has 4 aromatic rings. The van der Waals surface area contributed by atoms with E-state index in [0.717, 1.165) is 36.1 Å². The normalized spacial score (nSPS) is 11.1. The van der Waals surface area contributed by atoms with E-state index in [1.54, 1.807) is 72.8 Å². The summed E-state index contributed by atoms with van der Waals surface area (Å²) < 4.78 is 43.1. The minimum Gasteiger partial charge on any atom is -0.494 e. The van der Waals surface area contributed by atoms with E-state index in [2.05, 4.69) is 23.4 Å². The molecule has 0 heterocycles. The van der Waals surface area contributed by atoms with Gasteiger partial charge in [0.1, 0.15) is 11.5 Å². The Morgan fingerprint density at radius 1 is 0.484 bits per heavy atom. The number of ether oxygens (including phenoxy) is 8. The van der Waals surface area contributed by atoms with Crippen LogP contribution in [0.2, 0.25) is 0 Å². The number of hydrogen-bond donors (Lipinski definition) is 0. The van der Waals surface area contributed by atoms with Gasteiger partial charge in [0.2, 0.25) is 0 Å². The molecule has 0 bridgehead atoms. The molecule has 0 aromatic heterocycles. The number of esters is 4. The van der Waals surface area contributed by atoms with Gasteiger partial charge in [-0.25, -0.2) is 19.2 Å². The first-order valence-electron chi connectivity index (χ1n) is 19.5. The molecule has 0 atom stereocenters. The zero-order valence-corrected chi connectivity index (χ0v) is 34.6. The van der Waals surface area contributed by atoms with E-state index in [-0.39, 0.29) is 11.5 Å². The van der Waals surface area contributed by atoms with Gasteiger partial charge in [-0.3, -0.25) is 0 Å². The highest BCUT2D eigenvalue weighted by atomic mass is 16.6. The van der Waals surface area contributed by atoms with Crippen LogP contribution < -0.4 is 28.4 Å². The van der Waals surface area contributed by atoms with Crippen LogP contribution in [0.3, 0.4) is 0 Å². The van der Waals surface area contributed by atoms with Crippen LogP contribution in [0.15, 0.2) is 133 Å². The Bertz CT molecular complexity index is 2080. The number of hydrogen-bond acceptors (Lipinski definition) is 14. The molecule has 0 spiro atoms. The molecule has 0 fully saturated rings. The first-order valence-corrected chi connectivity index (χ1v) is 19.5. The summed E-state index contributed by atoms with van der Waals surface area (Å²) in [5, 5.41) is 8.22. The molecule has 14 nitrogen and oxygen atoms in total. The van der Waals surface area contributed by atoms with Crippen molar-refractivity contribution in [2.75, 3.05) is 40.6 Å². The summed E-state index contributed by atoms with van der Waals surface area (Å²) in [6, 6.07) is 24.3. The number of benzene rings is 4. The number of rotatable bonds is 25. The lowest BCUT2D eigenvalue weighted by Crippen LogP contribution is -2.05. The molecule has 4 aromatic carbocycles. The molecule has 0 radical (unpaired) electrons. The predicted molar refractivity (Wildman–Crippen MR) is 235 cm³/mol. The van der Waals surface area contributed by atoms with Crippen LogP contribution in [0.5, 0.6) is 34.5 Å². The minimum absolute atomic E-state index is 0.226. The number of methoxy groups -OCH3 is 2. The van der Waals surface area contributed by atoms with Gasteiger partial charge in [0.15, 0.2) is 23.0 Å². The van der Waals surface area contributed by atoms with Crippen LogP contribution in [-0.4, -0.2) is 77.0 Å². The van der Waals surface area contributed by atoms with E-state index in [1.807, 2.05) is 24.3 Å². The highest BCUT2D eigenvalue weighted by Gasteiger charge is 2.11. The molecule has 0 saturated carbocycles. The Kier molecular flexibility index (Phi) is 20.0. The van der Waals surface area contributed by atoms with Gasteiger partial charge in [-0.1, -0.05) is 37.4 Å². The molecule has 0 amide bonds. The van der Waals surface area contributed by atoms with Gasteiger partial charge >= 0.3 is 23.9 Å². The van der Waals surface area contributed by atoms with Gasteiger partial charge in [-0.05, 0) is 121 Å². The standard InChI is InChI=1S/C48H48N2O12/c1-5-45(51)59-29-9-7-27-57-39-19-11-35(12-20-39)17-25-47(53)61-41-23-15-37(31-43(41)55-3)33-49-50-34-38-16-24-42(44(32-38)56-4)62-48(54)26-18-36-13-21-40(22-14-36)58-28-8-10-30-60-46(52)6-2/h5-6,11-26,31-34H,1-2,7-10,27-30H2,3-4H3/b25-17+,26-18+,49-33+,50-34+. The second-order valence-electron chi connectivity index (χ2n) is 12.8. The van der Waals surface area contributed by atoms with Crippen molar-refractivity contribution in [3.8, 4) is 34.5 Å². The summed E-state index contributed by atoms with van der Waals surface area (Å²) >= 11 is 0. The fourth-order valence-electron chi connectivity index (χ4n) is 5.11. The van der Waals surface area contributed by atoms with E-state index >= 15 is 0 Å². The Morgan fingerprint density at radius 2 is 0.855 bits per heavy atom. The summed E-state index contributed by atoms with van der Waals surface area (Å²) in [6.07, 6.45) is 13.9. The van der Waals surface area contributed by atoms with Crippen molar-refractivity contribution in [3.63, 3.8) is 0 Å². The van der Waals surface area contributed by atoms with Crippen LogP contribution in [0.1, 0.15) is 47.9 Å². The van der Waals surface area contributed by atoms with Crippen LogP contribution in [0, 0.1) is 0 Å². The molecule has 322 valence electrons. The SMILES string of the molecule is C=CC(=O)OCCCCOc1ccc(/C=C/C(=O)Oc2ccc(/C=N/N=C/c3ccc(OC(=O)/C=C/c4ccc(OCCCCOC(=O)C=C)cc4)c(OC)c3)cc2OC)cc1. The maximum absolute atomic E-state index is 12.6. The van der Waals surface area contributed by atoms with Crippen molar-refractivity contribution in [2.24, 2.45) is 10.2 Å². The third kappa shape index (κ3) is 17.2. The quantitative estimate of drug-likeness (QED) is 0.0157. The van der Waals surface area contributed by atoms with Gasteiger partial charge in [-0.2, -0.15) is 10.2 Å². The van der Waals surface area contributed by atoms with Crippen LogP contribution in [-0.2, 0) is 28.7 Å². The number of nitrogens with zero attached hydrogens (tertiary/aromatic N) is 2. The molecule has 62 heavy (non-hydrogen) atoms. The second kappa shape index (κ2) is 26.4. The molecular formula is C48H48N2O12. The highest BCUT2D eigenvalue weighted by Crippen LogP contribution is 2.29. The molecule has 14 heteroatoms. The van der Waals surface area contributed by atoms with Crippen molar-refractivity contribution in [1.82, 2.24) is 0 Å². The maximum atomic E-state index is 12.6. The van der Waals surface area contributed by atoms with Gasteiger partial charge in [0.05, 0.1) is 53.1 Å². The molecule has 0 saturated heterocycles. The van der Waals surface area contributed by atoms with Gasteiger partial charge in [-0.15, -0.1) is 0 Å². The fourth-order valence-corrected chi connectivity index (χ4v) is 5.11. The van der Waals surface area contributed by atoms with E-state index in [4.69, 9.17) is 37.9 Å². The fraction of sp³-hybridized carbons (Fsp3) is 0.208. The van der Waals surface area contributed by atoms with Crippen molar-refractivity contribution in [2.45, 2.75) is 25.7 Å². The van der Waals surface area contributed by atoms with Crippen LogP contribution in [0.25, 0.3) is 12.2 Å². The second-order valence-corrected chi connectivity index (χ2v) is 12.8. The Labute approximate surface area is 360 Å². The van der Waals surface area contributed by atoms with Crippen molar-refractivity contribution in [3.05, 3.63) is 145 Å². The number of carbonyl (C=O) groups is 4. The largest absolute Gasteiger partial charge is 0.494 e. The van der Waals surface area contributed by atoms with Gasteiger partial charge in [0.25, 0.3) is 0 Å². The minimum atomic E-state index is -0.594. The van der Waals surface area contributed by atoms with Crippen molar-refractivity contribution < 1.29 is 57.1 Å². The molecule has 4 rings (SSSR count). The summed E-state index contributed by atoms with van der Waals surface area (Å²) in [4.78, 5) is 47.3. The average molecular weight is 845 g/mol. The lowest BCUT2D eigenvalue weighted by atomic mass is 10.2. The Hall–Kier alpha value is -7.74. The molecule has 0 N–H and O–H groups in total. The van der Waals surface area contributed by atoms with Gasteiger partial charge < -0.3 is 37.9 Å². The molecule has 0 unspecified atom stereocenters. The van der Waals surface area contributed by atoms with E-state index in [0.29, 0.717) is 73.4 Å². The Morgan fingerprint density at radius 3 is 1.23 bits per heavy atom. The van der Waals surface area contributed by atoms with Crippen molar-refractivity contribution >= 4 is 48.5 Å². The van der Waals surface area contributed by atoms with Crippen LogP contribution in [0.4, 0.5) is 0 Å². The van der Waals surface area contributed by atoms with Crippen LogP contribution >= 0.6 is 0 Å². The summed E-state index contributed by atoms with van der Waals surface area (Å²) in [5.41, 5.74) is 2.83. The van der Waals surface area contributed by atoms with E-state index in [1.165, 1.54) is 38.8 Å². The average Bonchev–Trinajstić information content (AvgIpc) is 3.29. The summed E-state index contributed by atoms with van der Waals surface area (Å²) in [7, 11) is 2.92. The lowest BCUT2D eigenvalue weighted by molar-refractivity contribution is -0.138. The zero-order chi connectivity index (χ0) is 44.4. The number of unbranched alkanes of at least 4 members (excludes halogenated alkanes) is 2. The van der Waals surface area contributed by atoms with Crippen molar-refractivity contribution in [1.29, 1.82) is 0 Å².